The van der Waals surface area contributed by atoms with E-state index in [-0.39, 0.29) is 18.9 Å². The van der Waals surface area contributed by atoms with Gasteiger partial charge in [0.2, 0.25) is 5.91 Å². The lowest BCUT2D eigenvalue weighted by Gasteiger charge is -2.16. The minimum absolute atomic E-state index is 0.0509. The number of carboxylic acids is 1. The molecule has 2 rings (SSSR count). The van der Waals surface area contributed by atoms with E-state index in [1.165, 1.54) is 4.90 Å². The number of benzene rings is 1. The van der Waals surface area contributed by atoms with Gasteiger partial charge >= 0.3 is 5.97 Å². The Morgan fingerprint density at radius 2 is 2.11 bits per heavy atom. The maximum atomic E-state index is 11.7. The molecule has 0 radical (unpaired) electrons. The fraction of sp³-hybridized carbons (Fsp3) is 0.308. The monoisotopic (exact) mass is 244 g/mol. The Kier molecular flexibility index (Phi) is 3.28. The molecule has 0 bridgehead atoms. The van der Waals surface area contributed by atoms with E-state index in [9.17, 15) is 9.59 Å². The van der Waals surface area contributed by atoms with Crippen molar-refractivity contribution in [1.29, 1.82) is 5.26 Å². The van der Waals surface area contributed by atoms with E-state index in [0.29, 0.717) is 12.1 Å². The Labute approximate surface area is 104 Å². The number of carboxylic acid groups (broad SMARTS) is 1. The average molecular weight is 244 g/mol. The molecule has 1 aliphatic heterocycles. The molecule has 1 aromatic carbocycles. The van der Waals surface area contributed by atoms with Gasteiger partial charge < -0.3 is 10.0 Å². The van der Waals surface area contributed by atoms with Crippen LogP contribution in [0.4, 0.5) is 5.69 Å². The molecule has 1 aromatic rings. The molecule has 0 saturated carbocycles. The van der Waals surface area contributed by atoms with E-state index >= 15 is 0 Å². The van der Waals surface area contributed by atoms with E-state index in [2.05, 4.69) is 0 Å². The summed E-state index contributed by atoms with van der Waals surface area (Å²) in [5.74, 6) is -1.74. The summed E-state index contributed by atoms with van der Waals surface area (Å²) >= 11 is 0. The number of carbonyl (C=O) groups is 2. The summed E-state index contributed by atoms with van der Waals surface area (Å²) in [6.07, 6.45) is 0.376. The van der Waals surface area contributed by atoms with Crippen LogP contribution < -0.4 is 4.90 Å². The van der Waals surface area contributed by atoms with Crippen molar-refractivity contribution in [2.24, 2.45) is 5.92 Å². The third kappa shape index (κ3) is 2.33. The van der Waals surface area contributed by atoms with Crippen LogP contribution in [0.25, 0.3) is 0 Å². The molecule has 92 valence electrons. The first-order valence-corrected chi connectivity index (χ1v) is 5.61. The molecule has 0 aromatic heterocycles. The maximum absolute atomic E-state index is 11.7. The van der Waals surface area contributed by atoms with E-state index in [0.717, 1.165) is 5.56 Å². The number of hydrogen-bond acceptors (Lipinski definition) is 3. The standard InChI is InChI=1S/C13H12N2O3/c14-6-5-9-1-3-11(4-2-9)15-8-10(13(17)18)7-12(15)16/h1-4,10H,5,7-8H2,(H,17,18). The Hall–Kier alpha value is -2.35. The maximum Gasteiger partial charge on any atom is 0.308 e. The largest absolute Gasteiger partial charge is 0.481 e. The van der Waals surface area contributed by atoms with Crippen molar-refractivity contribution in [2.45, 2.75) is 12.8 Å². The molecule has 1 amide bonds. The van der Waals surface area contributed by atoms with Gasteiger partial charge in [0.15, 0.2) is 0 Å². The van der Waals surface area contributed by atoms with E-state index in [1.54, 1.807) is 24.3 Å². The molecule has 1 unspecified atom stereocenters. The Bertz CT molecular complexity index is 516. The van der Waals surface area contributed by atoms with Crippen LogP contribution in [-0.2, 0) is 16.0 Å². The van der Waals surface area contributed by atoms with E-state index in [4.69, 9.17) is 10.4 Å². The minimum Gasteiger partial charge on any atom is -0.481 e. The zero-order valence-corrected chi connectivity index (χ0v) is 9.67. The number of nitrogens with zero attached hydrogens (tertiary/aromatic N) is 2. The number of amides is 1. The van der Waals surface area contributed by atoms with Crippen LogP contribution in [0.1, 0.15) is 12.0 Å². The van der Waals surface area contributed by atoms with Crippen molar-refractivity contribution in [3.63, 3.8) is 0 Å². The molecule has 0 aliphatic carbocycles. The molecule has 0 spiro atoms. The summed E-state index contributed by atoms with van der Waals surface area (Å²) in [6, 6.07) is 9.09. The molecule has 1 aliphatic rings. The number of hydrogen-bond donors (Lipinski definition) is 1. The van der Waals surface area contributed by atoms with Gasteiger partial charge in [0.25, 0.3) is 0 Å². The van der Waals surface area contributed by atoms with Crippen molar-refractivity contribution in [2.75, 3.05) is 11.4 Å². The van der Waals surface area contributed by atoms with Gasteiger partial charge in [-0.2, -0.15) is 5.26 Å². The smallest absolute Gasteiger partial charge is 0.308 e. The predicted octanol–water partition coefficient (Wildman–Crippen LogP) is 1.19. The van der Waals surface area contributed by atoms with Gasteiger partial charge in [-0.15, -0.1) is 0 Å². The first kappa shape index (κ1) is 12.1. The highest BCUT2D eigenvalue weighted by molar-refractivity contribution is 5.99. The van der Waals surface area contributed by atoms with Gasteiger partial charge in [-0.3, -0.25) is 9.59 Å². The minimum atomic E-state index is -0.938. The van der Waals surface area contributed by atoms with Crippen molar-refractivity contribution in [1.82, 2.24) is 0 Å². The van der Waals surface area contributed by atoms with Crippen LogP contribution in [0.5, 0.6) is 0 Å². The van der Waals surface area contributed by atoms with Crippen molar-refractivity contribution in [3.8, 4) is 6.07 Å². The SMILES string of the molecule is N#CCc1ccc(N2CC(C(=O)O)CC2=O)cc1. The van der Waals surface area contributed by atoms with Crippen LogP contribution in [0.2, 0.25) is 0 Å². The molecule has 1 atom stereocenters. The summed E-state index contributed by atoms with van der Waals surface area (Å²) in [5.41, 5.74) is 1.56. The molecule has 5 nitrogen and oxygen atoms in total. The molecule has 1 saturated heterocycles. The summed E-state index contributed by atoms with van der Waals surface area (Å²) < 4.78 is 0. The summed E-state index contributed by atoms with van der Waals surface area (Å²) in [5, 5.41) is 17.5. The molecule has 5 heteroatoms. The normalized spacial score (nSPS) is 18.7. The highest BCUT2D eigenvalue weighted by Gasteiger charge is 2.34. The molecular weight excluding hydrogens is 232 g/mol. The van der Waals surface area contributed by atoms with Crippen LogP contribution >= 0.6 is 0 Å². The van der Waals surface area contributed by atoms with Crippen LogP contribution in [0, 0.1) is 17.2 Å². The first-order chi connectivity index (χ1) is 8.61. The van der Waals surface area contributed by atoms with Crippen molar-refractivity contribution >= 4 is 17.6 Å². The van der Waals surface area contributed by atoms with Crippen molar-refractivity contribution in [3.05, 3.63) is 29.8 Å². The molecule has 1 heterocycles. The van der Waals surface area contributed by atoms with Crippen LogP contribution in [0.15, 0.2) is 24.3 Å². The topological polar surface area (TPSA) is 81.4 Å². The zero-order chi connectivity index (χ0) is 13.1. The second-order valence-electron chi connectivity index (χ2n) is 4.24. The highest BCUT2D eigenvalue weighted by atomic mass is 16.4. The van der Waals surface area contributed by atoms with Gasteiger partial charge in [0, 0.05) is 18.7 Å². The summed E-state index contributed by atoms with van der Waals surface area (Å²) in [6.45, 7) is 0.214. The molecule has 1 N–H and O–H groups in total. The van der Waals surface area contributed by atoms with Gasteiger partial charge in [-0.05, 0) is 17.7 Å². The lowest BCUT2D eigenvalue weighted by Crippen LogP contribution is -2.25. The van der Waals surface area contributed by atoms with Crippen molar-refractivity contribution < 1.29 is 14.7 Å². The third-order valence-electron chi connectivity index (χ3n) is 3.01. The number of nitriles is 1. The zero-order valence-electron chi connectivity index (χ0n) is 9.67. The Balaban J connectivity index is 2.15. The van der Waals surface area contributed by atoms with Gasteiger partial charge in [0.1, 0.15) is 0 Å². The second kappa shape index (κ2) is 4.88. The van der Waals surface area contributed by atoms with Crippen LogP contribution in [-0.4, -0.2) is 23.5 Å². The first-order valence-electron chi connectivity index (χ1n) is 5.61. The lowest BCUT2D eigenvalue weighted by molar-refractivity contribution is -0.141. The van der Waals surface area contributed by atoms with Gasteiger partial charge in [-0.1, -0.05) is 12.1 Å². The van der Waals surface area contributed by atoms with Gasteiger partial charge in [-0.25, -0.2) is 0 Å². The number of aliphatic carboxylic acids is 1. The lowest BCUT2D eigenvalue weighted by atomic mass is 10.1. The molecule has 18 heavy (non-hydrogen) atoms. The number of carbonyl (C=O) groups excluding carboxylic acids is 1. The fourth-order valence-corrected chi connectivity index (χ4v) is 2.01. The average Bonchev–Trinajstić information content (AvgIpc) is 2.73. The van der Waals surface area contributed by atoms with Gasteiger partial charge in [0.05, 0.1) is 18.4 Å². The van der Waals surface area contributed by atoms with E-state index in [1.807, 2.05) is 6.07 Å². The molecule has 1 fully saturated rings. The molecular formula is C13H12N2O3. The summed E-state index contributed by atoms with van der Waals surface area (Å²) in [7, 11) is 0. The highest BCUT2D eigenvalue weighted by Crippen LogP contribution is 2.25. The number of anilines is 1. The Morgan fingerprint density at radius 1 is 1.44 bits per heavy atom. The Morgan fingerprint density at radius 3 is 2.61 bits per heavy atom. The van der Waals surface area contributed by atoms with E-state index < -0.39 is 11.9 Å². The predicted molar refractivity (Wildman–Crippen MR) is 63.9 cm³/mol. The third-order valence-corrected chi connectivity index (χ3v) is 3.01. The summed E-state index contributed by atoms with van der Waals surface area (Å²) in [4.78, 5) is 24.0. The second-order valence-corrected chi connectivity index (χ2v) is 4.24. The number of rotatable bonds is 3. The van der Waals surface area contributed by atoms with Crippen LogP contribution in [0.3, 0.4) is 0 Å². The fourth-order valence-electron chi connectivity index (χ4n) is 2.01. The quantitative estimate of drug-likeness (QED) is 0.865.